The Morgan fingerprint density at radius 1 is 1.17 bits per heavy atom. The molecule has 1 saturated heterocycles. The number of nitrogens with zero attached hydrogens (tertiary/aromatic N) is 1. The van der Waals surface area contributed by atoms with Crippen molar-refractivity contribution < 1.29 is 9.59 Å². The molecule has 3 rings (SSSR count). The van der Waals surface area contributed by atoms with Crippen LogP contribution in [0.25, 0.3) is 0 Å². The standard InChI is InChI=1S/C19H26N2O2/c1-3-15-4-6-16(7-5-15)20-17(22)19(10-11-19)18(23)21-12-8-14(2)9-13-21/h4-7,14H,3,8-13H2,1-2H3,(H,20,22). The van der Waals surface area contributed by atoms with Crippen LogP contribution < -0.4 is 5.32 Å². The van der Waals surface area contributed by atoms with E-state index in [9.17, 15) is 9.59 Å². The first-order valence-corrected chi connectivity index (χ1v) is 8.75. The number of nitrogens with one attached hydrogen (secondary N) is 1. The molecule has 2 fully saturated rings. The van der Waals surface area contributed by atoms with Crippen LogP contribution in [0.2, 0.25) is 0 Å². The second-order valence-corrected chi connectivity index (χ2v) is 7.06. The van der Waals surface area contributed by atoms with E-state index in [1.165, 1.54) is 5.56 Å². The van der Waals surface area contributed by atoms with Crippen LogP contribution in [0.4, 0.5) is 5.69 Å². The number of carbonyl (C=O) groups excluding carboxylic acids is 2. The maximum absolute atomic E-state index is 12.8. The summed E-state index contributed by atoms with van der Waals surface area (Å²) in [5.74, 6) is 0.581. The summed E-state index contributed by atoms with van der Waals surface area (Å²) >= 11 is 0. The minimum atomic E-state index is -0.802. The number of rotatable bonds is 4. The molecule has 0 aromatic heterocycles. The molecule has 0 unspecified atom stereocenters. The monoisotopic (exact) mass is 314 g/mol. The second-order valence-electron chi connectivity index (χ2n) is 7.06. The van der Waals surface area contributed by atoms with Crippen molar-refractivity contribution in [2.45, 2.75) is 46.0 Å². The van der Waals surface area contributed by atoms with Gasteiger partial charge in [-0.05, 0) is 55.7 Å². The Kier molecular flexibility index (Phi) is 4.42. The van der Waals surface area contributed by atoms with E-state index in [4.69, 9.17) is 0 Å². The molecule has 23 heavy (non-hydrogen) atoms. The van der Waals surface area contributed by atoms with Crippen molar-refractivity contribution in [1.29, 1.82) is 0 Å². The smallest absolute Gasteiger partial charge is 0.240 e. The van der Waals surface area contributed by atoms with Crippen LogP contribution in [-0.2, 0) is 16.0 Å². The van der Waals surface area contributed by atoms with Gasteiger partial charge >= 0.3 is 0 Å². The zero-order valence-electron chi connectivity index (χ0n) is 14.1. The maximum Gasteiger partial charge on any atom is 0.240 e. The highest BCUT2D eigenvalue weighted by atomic mass is 16.2. The van der Waals surface area contributed by atoms with E-state index in [1.807, 2.05) is 29.2 Å². The van der Waals surface area contributed by atoms with E-state index < -0.39 is 5.41 Å². The first-order chi connectivity index (χ1) is 11.0. The van der Waals surface area contributed by atoms with Crippen LogP contribution in [-0.4, -0.2) is 29.8 Å². The van der Waals surface area contributed by atoms with Crippen LogP contribution in [0.3, 0.4) is 0 Å². The third kappa shape index (κ3) is 3.26. The summed E-state index contributed by atoms with van der Waals surface area (Å²) < 4.78 is 0. The van der Waals surface area contributed by atoms with Gasteiger partial charge in [-0.3, -0.25) is 9.59 Å². The molecule has 0 spiro atoms. The highest BCUT2D eigenvalue weighted by Crippen LogP contribution is 2.48. The zero-order valence-corrected chi connectivity index (χ0v) is 14.1. The Morgan fingerprint density at radius 2 is 1.78 bits per heavy atom. The molecular formula is C19H26N2O2. The molecule has 0 atom stereocenters. The second kappa shape index (κ2) is 6.34. The average molecular weight is 314 g/mol. The highest BCUT2D eigenvalue weighted by Gasteiger charge is 2.58. The first-order valence-electron chi connectivity index (χ1n) is 8.75. The lowest BCUT2D eigenvalue weighted by Crippen LogP contribution is -2.46. The van der Waals surface area contributed by atoms with Crippen molar-refractivity contribution in [2.75, 3.05) is 18.4 Å². The predicted octanol–water partition coefficient (Wildman–Crippen LogP) is 3.23. The molecule has 0 bridgehead atoms. The Morgan fingerprint density at radius 3 is 2.30 bits per heavy atom. The molecule has 1 aromatic carbocycles. The summed E-state index contributed by atoms with van der Waals surface area (Å²) in [6.45, 7) is 5.91. The fourth-order valence-corrected chi connectivity index (χ4v) is 3.25. The Labute approximate surface area is 138 Å². The Bertz CT molecular complexity index is 582. The molecule has 1 saturated carbocycles. The summed E-state index contributed by atoms with van der Waals surface area (Å²) in [4.78, 5) is 27.3. The number of likely N-dealkylation sites (tertiary alicyclic amines) is 1. The van der Waals surface area contributed by atoms with Crippen molar-refractivity contribution in [3.8, 4) is 0 Å². The van der Waals surface area contributed by atoms with Gasteiger partial charge in [0, 0.05) is 18.8 Å². The van der Waals surface area contributed by atoms with E-state index in [1.54, 1.807) is 0 Å². The van der Waals surface area contributed by atoms with Gasteiger partial charge in [0.05, 0.1) is 0 Å². The van der Waals surface area contributed by atoms with Crippen LogP contribution in [0.5, 0.6) is 0 Å². The van der Waals surface area contributed by atoms with Gasteiger partial charge in [0.15, 0.2) is 0 Å². The van der Waals surface area contributed by atoms with Gasteiger partial charge in [-0.15, -0.1) is 0 Å². The number of hydrogen-bond donors (Lipinski definition) is 1. The number of amides is 2. The minimum Gasteiger partial charge on any atom is -0.342 e. The number of anilines is 1. The summed E-state index contributed by atoms with van der Waals surface area (Å²) in [5.41, 5.74) is 1.21. The lowest BCUT2D eigenvalue weighted by molar-refractivity contribution is -0.143. The van der Waals surface area contributed by atoms with E-state index in [0.29, 0.717) is 18.8 Å². The Hall–Kier alpha value is -1.84. The maximum atomic E-state index is 12.8. The van der Waals surface area contributed by atoms with E-state index in [2.05, 4.69) is 19.2 Å². The zero-order chi connectivity index (χ0) is 16.4. The van der Waals surface area contributed by atoms with Gasteiger partial charge in [0.25, 0.3) is 0 Å². The molecule has 0 radical (unpaired) electrons. The van der Waals surface area contributed by atoms with E-state index >= 15 is 0 Å². The van der Waals surface area contributed by atoms with Gasteiger partial charge in [-0.25, -0.2) is 0 Å². The fourth-order valence-electron chi connectivity index (χ4n) is 3.25. The number of piperidine rings is 1. The summed E-state index contributed by atoms with van der Waals surface area (Å²) in [7, 11) is 0. The number of benzene rings is 1. The summed E-state index contributed by atoms with van der Waals surface area (Å²) in [6, 6.07) is 7.87. The fraction of sp³-hybridized carbons (Fsp3) is 0.579. The molecule has 1 aliphatic heterocycles. The lowest BCUT2D eigenvalue weighted by atomic mass is 9.96. The van der Waals surface area contributed by atoms with Crippen LogP contribution in [0.15, 0.2) is 24.3 Å². The van der Waals surface area contributed by atoms with Crippen molar-refractivity contribution in [3.05, 3.63) is 29.8 Å². The van der Waals surface area contributed by atoms with Crippen molar-refractivity contribution in [2.24, 2.45) is 11.3 Å². The van der Waals surface area contributed by atoms with Crippen LogP contribution in [0, 0.1) is 11.3 Å². The number of hydrogen-bond acceptors (Lipinski definition) is 2. The lowest BCUT2D eigenvalue weighted by Gasteiger charge is -2.32. The van der Waals surface area contributed by atoms with Gasteiger partial charge in [0.1, 0.15) is 5.41 Å². The highest BCUT2D eigenvalue weighted by molar-refractivity contribution is 6.13. The van der Waals surface area contributed by atoms with Crippen LogP contribution >= 0.6 is 0 Å². The Balaban J connectivity index is 1.64. The van der Waals surface area contributed by atoms with Crippen molar-refractivity contribution in [3.63, 3.8) is 0 Å². The van der Waals surface area contributed by atoms with Gasteiger partial charge in [0.2, 0.25) is 11.8 Å². The van der Waals surface area contributed by atoms with E-state index in [0.717, 1.165) is 38.0 Å². The summed E-state index contributed by atoms with van der Waals surface area (Å²) in [5, 5.41) is 2.94. The molecular weight excluding hydrogens is 288 g/mol. The molecule has 1 heterocycles. The molecule has 1 aromatic rings. The molecule has 4 nitrogen and oxygen atoms in total. The third-order valence-electron chi connectivity index (χ3n) is 5.28. The molecule has 4 heteroatoms. The number of aryl methyl sites for hydroxylation is 1. The van der Waals surface area contributed by atoms with Gasteiger partial charge < -0.3 is 10.2 Å². The first kappa shape index (κ1) is 16.0. The van der Waals surface area contributed by atoms with Gasteiger partial charge in [-0.2, -0.15) is 0 Å². The van der Waals surface area contributed by atoms with Crippen LogP contribution in [0.1, 0.15) is 45.1 Å². The largest absolute Gasteiger partial charge is 0.342 e. The average Bonchev–Trinajstić information content (AvgIpc) is 3.37. The quantitative estimate of drug-likeness (QED) is 0.868. The summed E-state index contributed by atoms with van der Waals surface area (Å²) in [6.07, 6.45) is 4.42. The topological polar surface area (TPSA) is 49.4 Å². The molecule has 124 valence electrons. The predicted molar refractivity (Wildman–Crippen MR) is 91.1 cm³/mol. The normalized spacial score (nSPS) is 20.2. The van der Waals surface area contributed by atoms with E-state index in [-0.39, 0.29) is 11.8 Å². The van der Waals surface area contributed by atoms with Gasteiger partial charge in [-0.1, -0.05) is 26.0 Å². The van der Waals surface area contributed by atoms with Crippen molar-refractivity contribution in [1.82, 2.24) is 4.90 Å². The van der Waals surface area contributed by atoms with Crippen molar-refractivity contribution >= 4 is 17.5 Å². The number of carbonyl (C=O) groups is 2. The molecule has 1 aliphatic carbocycles. The minimum absolute atomic E-state index is 0.0343. The SMILES string of the molecule is CCc1ccc(NC(=O)C2(C(=O)N3CCC(C)CC3)CC2)cc1. The third-order valence-corrected chi connectivity index (χ3v) is 5.28. The molecule has 2 aliphatic rings. The molecule has 2 amide bonds. The molecule has 1 N–H and O–H groups in total.